The third-order valence-corrected chi connectivity index (χ3v) is 1.92. The average molecular weight is 266 g/mol. The minimum Gasteiger partial charge on any atom is -0.381 e. The minimum atomic E-state index is 0. The zero-order valence-electron chi connectivity index (χ0n) is 8.61. The van der Waals surface area contributed by atoms with Crippen LogP contribution in [-0.4, -0.2) is 13.2 Å². The Balaban J connectivity index is 0.00000169. The van der Waals surface area contributed by atoms with Gasteiger partial charge in [0.25, 0.3) is 0 Å². The van der Waals surface area contributed by atoms with Crippen molar-refractivity contribution < 1.29 is 37.4 Å². The van der Waals surface area contributed by atoms with Gasteiger partial charge in [-0.05, 0) is 12.0 Å². The van der Waals surface area contributed by atoms with Crippen LogP contribution in [0.15, 0.2) is 30.3 Å². The van der Waals surface area contributed by atoms with Crippen LogP contribution in [0.4, 0.5) is 0 Å². The summed E-state index contributed by atoms with van der Waals surface area (Å²) in [7, 11) is 0. The zero-order chi connectivity index (χ0) is 9.36. The van der Waals surface area contributed by atoms with Crippen molar-refractivity contribution in [2.75, 3.05) is 13.2 Å². The second kappa shape index (κ2) is 9.82. The molecule has 0 N–H and O–H groups in total. The number of hydrogen-bond donors (Lipinski definition) is 0. The first-order valence-corrected chi connectivity index (χ1v) is 4.84. The van der Waals surface area contributed by atoms with Gasteiger partial charge in [0.2, 0.25) is 0 Å². The zero-order valence-corrected chi connectivity index (χ0v) is 11.5. The minimum absolute atomic E-state index is 0. The van der Waals surface area contributed by atoms with Crippen molar-refractivity contribution in [1.29, 1.82) is 0 Å². The molecule has 2 heteroatoms. The van der Waals surface area contributed by atoms with Gasteiger partial charge in [0.15, 0.2) is 0 Å². The molecule has 1 aromatic carbocycles. The van der Waals surface area contributed by atoms with E-state index in [1.807, 2.05) is 6.07 Å². The number of benzene rings is 1. The van der Waals surface area contributed by atoms with Crippen LogP contribution < -0.4 is 0 Å². The first kappa shape index (κ1) is 14.3. The third kappa shape index (κ3) is 6.70. The molecule has 0 aliphatic rings. The van der Waals surface area contributed by atoms with Crippen LogP contribution in [0.5, 0.6) is 0 Å². The topological polar surface area (TPSA) is 9.23 Å². The molecule has 0 amide bonds. The van der Waals surface area contributed by atoms with Crippen LogP contribution >= 0.6 is 0 Å². The van der Waals surface area contributed by atoms with Crippen molar-refractivity contribution in [3.63, 3.8) is 0 Å². The van der Waals surface area contributed by atoms with Crippen molar-refractivity contribution in [2.24, 2.45) is 0 Å². The fourth-order valence-electron chi connectivity index (χ4n) is 1.14. The molecular weight excluding hydrogens is 249 g/mol. The van der Waals surface area contributed by atoms with Gasteiger partial charge < -0.3 is 11.7 Å². The van der Waals surface area contributed by atoms with Crippen molar-refractivity contribution in [2.45, 2.75) is 19.3 Å². The van der Waals surface area contributed by atoms with Crippen molar-refractivity contribution in [1.82, 2.24) is 0 Å². The molecular formula is C12H17OY-. The number of rotatable bonds is 6. The molecule has 75 valence electrons. The van der Waals surface area contributed by atoms with Gasteiger partial charge in [0.05, 0.1) is 6.61 Å². The summed E-state index contributed by atoms with van der Waals surface area (Å²) in [6.07, 6.45) is 3.04. The maximum absolute atomic E-state index is 5.44. The normalized spacial score (nSPS) is 9.50. The molecule has 0 fully saturated rings. The predicted octanol–water partition coefficient (Wildman–Crippen LogP) is 2.86. The van der Waals surface area contributed by atoms with E-state index in [-0.39, 0.29) is 32.7 Å². The molecule has 1 rings (SSSR count). The summed E-state index contributed by atoms with van der Waals surface area (Å²) >= 11 is 0. The summed E-state index contributed by atoms with van der Waals surface area (Å²) in [5.74, 6) is 0. The molecule has 0 bridgehead atoms. The van der Waals surface area contributed by atoms with E-state index in [1.54, 1.807) is 0 Å². The SMILES string of the molecule is [CH2-]CCCOCCc1ccccc1.[Y]. The van der Waals surface area contributed by atoms with E-state index in [4.69, 9.17) is 4.74 Å². The first-order chi connectivity index (χ1) is 6.43. The Labute approximate surface area is 112 Å². The molecule has 14 heavy (non-hydrogen) atoms. The van der Waals surface area contributed by atoms with E-state index in [0.717, 1.165) is 32.5 Å². The molecule has 0 aromatic heterocycles. The van der Waals surface area contributed by atoms with Crippen molar-refractivity contribution >= 4 is 0 Å². The summed E-state index contributed by atoms with van der Waals surface area (Å²) in [6, 6.07) is 10.4. The largest absolute Gasteiger partial charge is 0.381 e. The fraction of sp³-hybridized carbons (Fsp3) is 0.417. The van der Waals surface area contributed by atoms with Gasteiger partial charge in [-0.3, -0.25) is 0 Å². The van der Waals surface area contributed by atoms with Gasteiger partial charge in [0.1, 0.15) is 0 Å². The van der Waals surface area contributed by atoms with Crippen LogP contribution in [0, 0.1) is 6.92 Å². The third-order valence-electron chi connectivity index (χ3n) is 1.92. The molecule has 0 unspecified atom stereocenters. The first-order valence-electron chi connectivity index (χ1n) is 4.84. The van der Waals surface area contributed by atoms with E-state index in [1.165, 1.54) is 5.56 Å². The molecule has 1 nitrogen and oxygen atoms in total. The van der Waals surface area contributed by atoms with Crippen LogP contribution in [-0.2, 0) is 43.9 Å². The molecule has 0 aliphatic carbocycles. The Kier molecular flexibility index (Phi) is 10.0. The summed E-state index contributed by atoms with van der Waals surface area (Å²) < 4.78 is 5.44. The van der Waals surface area contributed by atoms with Crippen LogP contribution in [0.1, 0.15) is 18.4 Å². The number of ether oxygens (including phenoxy) is 1. The predicted molar refractivity (Wildman–Crippen MR) is 55.6 cm³/mol. The molecule has 0 atom stereocenters. The van der Waals surface area contributed by atoms with E-state index in [9.17, 15) is 0 Å². The van der Waals surface area contributed by atoms with Crippen LogP contribution in [0.2, 0.25) is 0 Å². The fourth-order valence-corrected chi connectivity index (χ4v) is 1.14. The van der Waals surface area contributed by atoms with Gasteiger partial charge in [-0.15, -0.1) is 0 Å². The van der Waals surface area contributed by atoms with Crippen LogP contribution in [0.3, 0.4) is 0 Å². The van der Waals surface area contributed by atoms with Gasteiger partial charge in [-0.1, -0.05) is 36.8 Å². The second-order valence-corrected chi connectivity index (χ2v) is 3.06. The molecule has 0 heterocycles. The van der Waals surface area contributed by atoms with Gasteiger partial charge in [0, 0.05) is 39.3 Å². The molecule has 0 spiro atoms. The maximum atomic E-state index is 5.44. The average Bonchev–Trinajstić information content (AvgIpc) is 2.19. The Bertz CT molecular complexity index is 211. The van der Waals surface area contributed by atoms with E-state index in [0.29, 0.717) is 0 Å². The van der Waals surface area contributed by atoms with Crippen LogP contribution in [0.25, 0.3) is 0 Å². The Morgan fingerprint density at radius 3 is 2.43 bits per heavy atom. The van der Waals surface area contributed by atoms with E-state index in [2.05, 4.69) is 31.2 Å². The van der Waals surface area contributed by atoms with E-state index >= 15 is 0 Å². The van der Waals surface area contributed by atoms with Gasteiger partial charge in [-0.25, -0.2) is 0 Å². The molecule has 0 saturated carbocycles. The Hall–Kier alpha value is 0.284. The maximum Gasteiger partial charge on any atom is 0.0506 e. The number of hydrogen-bond acceptors (Lipinski definition) is 1. The molecule has 1 radical (unpaired) electrons. The molecule has 0 aliphatic heterocycles. The smallest absolute Gasteiger partial charge is 0.0506 e. The summed E-state index contributed by atoms with van der Waals surface area (Å²) in [5.41, 5.74) is 1.34. The number of unbranched alkanes of at least 4 members (excludes halogenated alkanes) is 1. The van der Waals surface area contributed by atoms with E-state index < -0.39 is 0 Å². The Morgan fingerprint density at radius 1 is 1.07 bits per heavy atom. The van der Waals surface area contributed by atoms with Crippen molar-refractivity contribution in [3.05, 3.63) is 42.8 Å². The second-order valence-electron chi connectivity index (χ2n) is 3.06. The summed E-state index contributed by atoms with van der Waals surface area (Å²) in [4.78, 5) is 0. The van der Waals surface area contributed by atoms with Crippen molar-refractivity contribution in [3.8, 4) is 0 Å². The molecule has 1 aromatic rings. The van der Waals surface area contributed by atoms with Gasteiger partial charge in [-0.2, -0.15) is 6.42 Å². The monoisotopic (exact) mass is 266 g/mol. The Morgan fingerprint density at radius 2 is 1.79 bits per heavy atom. The molecule has 0 saturated heterocycles. The summed E-state index contributed by atoms with van der Waals surface area (Å²) in [5, 5.41) is 0. The summed E-state index contributed by atoms with van der Waals surface area (Å²) in [6.45, 7) is 5.43. The quantitative estimate of drug-likeness (QED) is 0.568. The standard InChI is InChI=1S/C12H17O.Y/c1-2-3-10-13-11-9-12-7-5-4-6-8-12;/h4-8H,1-3,9-11H2;/q-1;. The van der Waals surface area contributed by atoms with Gasteiger partial charge >= 0.3 is 0 Å².